The van der Waals surface area contributed by atoms with E-state index < -0.39 is 22.6 Å². The zero-order chi connectivity index (χ0) is 26.3. The van der Waals surface area contributed by atoms with Crippen LogP contribution in [0.5, 0.6) is 5.88 Å². The summed E-state index contributed by atoms with van der Waals surface area (Å²) in [4.78, 5) is 22.8. The van der Waals surface area contributed by atoms with Crippen molar-refractivity contribution in [3.05, 3.63) is 21.4 Å². The Kier molecular flexibility index (Phi) is 7.30. The van der Waals surface area contributed by atoms with Crippen LogP contribution >= 0.6 is 11.3 Å². The van der Waals surface area contributed by atoms with E-state index >= 15 is 0 Å². The number of fused-ring (bicyclic) bond motifs is 1. The fraction of sp³-hybridized carbons (Fsp3) is 0.625. The van der Waals surface area contributed by atoms with Crippen molar-refractivity contribution in [2.24, 2.45) is 28.9 Å². The van der Waals surface area contributed by atoms with Gasteiger partial charge in [-0.1, -0.05) is 0 Å². The van der Waals surface area contributed by atoms with Gasteiger partial charge in [0.05, 0.1) is 22.7 Å². The van der Waals surface area contributed by atoms with Crippen LogP contribution in [-0.4, -0.2) is 54.6 Å². The standard InChI is InChI=1S/C24H27F3N4O4S2/c1-31-21(10-22(30-31)35-24(26)27)29-12-28-16-4-5-19-17(8-16)23(20(36-19)9-18(32)14-2-3-14)37(33,34)11-13-6-15(25)7-13/h10,13-16,24H,2-9,11H2,1H3/t13?,15?,16-/m0/s1. The number of Topliss-reactive ketones (excluding diaryl/α,β-unsaturated/α-hetero) is 1. The first-order chi connectivity index (χ1) is 17.6. The van der Waals surface area contributed by atoms with Crippen molar-refractivity contribution in [2.45, 2.75) is 75.1 Å². The van der Waals surface area contributed by atoms with E-state index in [9.17, 15) is 26.4 Å². The van der Waals surface area contributed by atoms with Crippen LogP contribution in [-0.2, 0) is 40.9 Å². The highest BCUT2D eigenvalue weighted by Crippen LogP contribution is 2.42. The lowest BCUT2D eigenvalue weighted by Crippen LogP contribution is -2.31. The number of ether oxygens (including phenoxy) is 1. The molecule has 3 aliphatic rings. The van der Waals surface area contributed by atoms with Crippen molar-refractivity contribution in [3.63, 3.8) is 0 Å². The molecular formula is C24H27F3N4O4S2. The van der Waals surface area contributed by atoms with Crippen LogP contribution < -0.4 is 4.74 Å². The number of sulfone groups is 1. The number of alkyl halides is 3. The van der Waals surface area contributed by atoms with Gasteiger partial charge < -0.3 is 4.74 Å². The second-order valence-electron chi connectivity index (χ2n) is 9.97. The van der Waals surface area contributed by atoms with Gasteiger partial charge in [-0.2, -0.15) is 13.8 Å². The number of aromatic nitrogens is 2. The second kappa shape index (κ2) is 10.3. The molecule has 37 heavy (non-hydrogen) atoms. The Morgan fingerprint density at radius 3 is 2.76 bits per heavy atom. The quantitative estimate of drug-likeness (QED) is 0.401. The molecule has 0 bridgehead atoms. The van der Waals surface area contributed by atoms with Crippen molar-refractivity contribution < 1.29 is 31.1 Å². The molecule has 2 fully saturated rings. The number of carbonyl (C=O) groups is 1. The maximum absolute atomic E-state index is 13.5. The highest BCUT2D eigenvalue weighted by Gasteiger charge is 2.39. The van der Waals surface area contributed by atoms with E-state index in [1.807, 2.05) is 0 Å². The number of carbonyl (C=O) groups excluding carboxylic acids is 1. The van der Waals surface area contributed by atoms with E-state index in [0.717, 1.165) is 17.7 Å². The van der Waals surface area contributed by atoms with Crippen molar-refractivity contribution >= 4 is 38.8 Å². The molecule has 5 rings (SSSR count). The SMILES string of the molecule is Cn1nc(OC(F)F)cc1N=C=N[C@H]1CCc2sc(CC(=O)C3CC3)c(S(=O)(=O)CC3CC(F)C3)c2C1. The number of nitrogens with zero attached hydrogens (tertiary/aromatic N) is 4. The zero-order valence-electron chi connectivity index (χ0n) is 20.2. The maximum atomic E-state index is 13.5. The first-order valence-electron chi connectivity index (χ1n) is 12.3. The van der Waals surface area contributed by atoms with E-state index in [0.29, 0.717) is 29.7 Å². The van der Waals surface area contributed by atoms with E-state index in [-0.39, 0.29) is 65.3 Å². The van der Waals surface area contributed by atoms with Crippen molar-refractivity contribution in [1.29, 1.82) is 0 Å². The van der Waals surface area contributed by atoms with Gasteiger partial charge in [0.1, 0.15) is 12.0 Å². The van der Waals surface area contributed by atoms with Crippen molar-refractivity contribution in [1.82, 2.24) is 9.78 Å². The Bertz CT molecular complexity index is 1350. The molecule has 2 saturated carbocycles. The fourth-order valence-corrected chi connectivity index (χ4v) is 8.81. The fourth-order valence-electron chi connectivity index (χ4n) is 4.92. The monoisotopic (exact) mass is 556 g/mol. The number of thiophene rings is 1. The van der Waals surface area contributed by atoms with Crippen molar-refractivity contribution in [3.8, 4) is 5.88 Å². The summed E-state index contributed by atoms with van der Waals surface area (Å²) in [7, 11) is -2.18. The predicted octanol–water partition coefficient (Wildman–Crippen LogP) is 4.49. The first-order valence-corrected chi connectivity index (χ1v) is 14.7. The van der Waals surface area contributed by atoms with Gasteiger partial charge in [0.15, 0.2) is 15.7 Å². The van der Waals surface area contributed by atoms with Gasteiger partial charge >= 0.3 is 6.61 Å². The molecule has 0 spiro atoms. The summed E-state index contributed by atoms with van der Waals surface area (Å²) in [6, 6.07) is 3.55. The lowest BCUT2D eigenvalue weighted by molar-refractivity contribution is -0.119. The Labute approximate surface area is 216 Å². The minimum Gasteiger partial charge on any atom is -0.415 e. The first kappa shape index (κ1) is 26.1. The molecule has 3 aliphatic carbocycles. The molecule has 0 N–H and O–H groups in total. The lowest BCUT2D eigenvalue weighted by atomic mass is 9.85. The average molecular weight is 557 g/mol. The zero-order valence-corrected chi connectivity index (χ0v) is 21.8. The summed E-state index contributed by atoms with van der Waals surface area (Å²) in [5.74, 6) is -0.254. The number of hydrogen-bond donors (Lipinski definition) is 0. The van der Waals surface area contributed by atoms with E-state index in [2.05, 4.69) is 25.8 Å². The minimum atomic E-state index is -3.70. The number of aryl methyl sites for hydroxylation is 2. The summed E-state index contributed by atoms with van der Waals surface area (Å²) in [5, 5.41) is 3.79. The number of rotatable bonds is 10. The smallest absolute Gasteiger partial charge is 0.388 e. The molecule has 200 valence electrons. The molecule has 0 aromatic carbocycles. The van der Waals surface area contributed by atoms with Crippen LogP contribution in [0, 0.1) is 11.8 Å². The van der Waals surface area contributed by atoms with Gasteiger partial charge in [-0.3, -0.25) is 4.79 Å². The van der Waals surface area contributed by atoms with E-state index in [1.54, 1.807) is 0 Å². The maximum Gasteiger partial charge on any atom is 0.388 e. The summed E-state index contributed by atoms with van der Waals surface area (Å²) in [5.41, 5.74) is 0.703. The number of aliphatic imine (C=N–C) groups is 2. The number of halogens is 3. The second-order valence-corrected chi connectivity index (χ2v) is 13.1. The van der Waals surface area contributed by atoms with Gasteiger partial charge in [0, 0.05) is 35.2 Å². The third kappa shape index (κ3) is 5.99. The largest absolute Gasteiger partial charge is 0.415 e. The van der Waals surface area contributed by atoms with E-state index in [4.69, 9.17) is 0 Å². The Morgan fingerprint density at radius 2 is 2.08 bits per heavy atom. The molecule has 8 nitrogen and oxygen atoms in total. The van der Waals surface area contributed by atoms with Crippen LogP contribution in [0.1, 0.15) is 47.4 Å². The van der Waals surface area contributed by atoms with Crippen LogP contribution in [0.3, 0.4) is 0 Å². The summed E-state index contributed by atoms with van der Waals surface area (Å²) >= 11 is 1.40. The summed E-state index contributed by atoms with van der Waals surface area (Å²) in [6.07, 6.45) is 3.03. The molecule has 2 aromatic rings. The molecule has 1 atom stereocenters. The Hall–Kier alpha value is -2.50. The molecule has 0 aliphatic heterocycles. The predicted molar refractivity (Wildman–Crippen MR) is 131 cm³/mol. The summed E-state index contributed by atoms with van der Waals surface area (Å²) in [6.45, 7) is -3.00. The highest BCUT2D eigenvalue weighted by molar-refractivity contribution is 7.91. The molecule has 2 aromatic heterocycles. The number of hydrogen-bond acceptors (Lipinski definition) is 8. The van der Waals surface area contributed by atoms with Crippen LogP contribution in [0.15, 0.2) is 20.9 Å². The molecule has 0 saturated heterocycles. The van der Waals surface area contributed by atoms with Gasteiger partial charge in [0.2, 0.25) is 5.88 Å². The van der Waals surface area contributed by atoms with Gasteiger partial charge in [-0.15, -0.1) is 16.4 Å². The highest BCUT2D eigenvalue weighted by atomic mass is 32.2. The molecule has 0 amide bonds. The molecule has 13 heteroatoms. The Balaban J connectivity index is 1.38. The third-order valence-electron chi connectivity index (χ3n) is 7.01. The topological polar surface area (TPSA) is 103 Å². The van der Waals surface area contributed by atoms with Gasteiger partial charge in [0.25, 0.3) is 0 Å². The lowest BCUT2D eigenvalue weighted by Gasteiger charge is -2.29. The van der Waals surface area contributed by atoms with Crippen molar-refractivity contribution in [2.75, 3.05) is 5.75 Å². The van der Waals surface area contributed by atoms with Gasteiger partial charge in [-0.05, 0) is 56.4 Å². The molecule has 2 heterocycles. The molecular weight excluding hydrogens is 529 g/mol. The molecule has 0 unspecified atom stereocenters. The average Bonchev–Trinajstić information content (AvgIpc) is 3.50. The summed E-state index contributed by atoms with van der Waals surface area (Å²) < 4.78 is 70.7. The normalized spacial score (nSPS) is 23.2. The Morgan fingerprint density at radius 1 is 1.32 bits per heavy atom. The van der Waals surface area contributed by atoms with E-state index in [1.165, 1.54) is 29.1 Å². The van der Waals surface area contributed by atoms with Crippen LogP contribution in [0.25, 0.3) is 0 Å². The van der Waals surface area contributed by atoms with Crippen LogP contribution in [0.4, 0.5) is 19.0 Å². The number of ketones is 1. The minimum absolute atomic E-state index is 0.0285. The molecule has 0 radical (unpaired) electrons. The van der Waals surface area contributed by atoms with Gasteiger partial charge in [-0.25, -0.2) is 22.5 Å². The van der Waals surface area contributed by atoms with Crippen LogP contribution in [0.2, 0.25) is 0 Å². The third-order valence-corrected chi connectivity index (χ3v) is 10.5.